The lowest BCUT2D eigenvalue weighted by molar-refractivity contribution is 0.0686. The van der Waals surface area contributed by atoms with Gasteiger partial charge in [-0.15, -0.1) is 0 Å². The van der Waals surface area contributed by atoms with E-state index in [1.165, 1.54) is 16.8 Å². The zero-order chi connectivity index (χ0) is 15.0. The van der Waals surface area contributed by atoms with Crippen LogP contribution in [-0.2, 0) is 0 Å². The first kappa shape index (κ1) is 14.8. The summed E-state index contributed by atoms with van der Waals surface area (Å²) < 4.78 is 1.20. The van der Waals surface area contributed by atoms with Gasteiger partial charge in [-0.3, -0.25) is 4.79 Å². The van der Waals surface area contributed by atoms with Crippen LogP contribution in [0.4, 0.5) is 0 Å². The number of hydrogen-bond donors (Lipinski definition) is 1. The van der Waals surface area contributed by atoms with E-state index in [0.717, 1.165) is 6.07 Å². The number of nitrogens with zero attached hydrogens (tertiary/aromatic N) is 2. The second-order valence-corrected chi connectivity index (χ2v) is 5.18. The van der Waals surface area contributed by atoms with E-state index in [4.69, 9.17) is 39.9 Å². The Balaban J connectivity index is 2.80. The number of carbonyl (C=O) groups is 1. The normalized spacial score (nSPS) is 10.6. The number of benzene rings is 1. The molecule has 2 rings (SSSR count). The molecule has 1 N–H and O–H groups in total. The van der Waals surface area contributed by atoms with Crippen LogP contribution >= 0.6 is 34.8 Å². The smallest absolute Gasteiger partial charge is 0.360 e. The molecular formula is C12H7Cl3N2O3. The average Bonchev–Trinajstić information content (AvgIpc) is 2.29. The van der Waals surface area contributed by atoms with E-state index in [1.54, 1.807) is 6.92 Å². The van der Waals surface area contributed by atoms with Gasteiger partial charge in [0.05, 0.1) is 10.0 Å². The Morgan fingerprint density at radius 3 is 2.25 bits per heavy atom. The molecule has 5 nitrogen and oxygen atoms in total. The standard InChI is InChI=1S/C12H7Cl3N2O3/c1-5-2-9(18)10(12(19)20)16-17(5)11-7(14)3-6(13)4-8(11)15/h2-4H,1H3,(H,19,20). The van der Waals surface area contributed by atoms with Crippen LogP contribution in [0, 0.1) is 6.92 Å². The minimum Gasteiger partial charge on any atom is -0.476 e. The van der Waals surface area contributed by atoms with Crippen molar-refractivity contribution in [3.05, 3.63) is 54.9 Å². The summed E-state index contributed by atoms with van der Waals surface area (Å²) in [6.07, 6.45) is 0. The first-order chi connectivity index (χ1) is 9.31. The molecule has 0 saturated carbocycles. The Hall–Kier alpha value is -1.56. The highest BCUT2D eigenvalue weighted by Crippen LogP contribution is 2.32. The Labute approximate surface area is 128 Å². The highest BCUT2D eigenvalue weighted by atomic mass is 35.5. The van der Waals surface area contributed by atoms with Crippen LogP contribution in [0.2, 0.25) is 15.1 Å². The molecule has 0 fully saturated rings. The largest absolute Gasteiger partial charge is 0.476 e. The molecule has 0 aliphatic heterocycles. The topological polar surface area (TPSA) is 72.2 Å². The number of carboxylic acid groups (broad SMARTS) is 1. The van der Waals surface area contributed by atoms with Crippen LogP contribution in [-0.4, -0.2) is 20.9 Å². The molecule has 104 valence electrons. The molecule has 0 radical (unpaired) electrons. The van der Waals surface area contributed by atoms with E-state index in [9.17, 15) is 9.59 Å². The first-order valence-electron chi connectivity index (χ1n) is 5.30. The van der Waals surface area contributed by atoms with Crippen molar-refractivity contribution < 1.29 is 9.90 Å². The second kappa shape index (κ2) is 5.44. The van der Waals surface area contributed by atoms with Gasteiger partial charge in [-0.05, 0) is 19.1 Å². The summed E-state index contributed by atoms with van der Waals surface area (Å²) in [7, 11) is 0. The van der Waals surface area contributed by atoms with E-state index in [0.29, 0.717) is 10.7 Å². The van der Waals surface area contributed by atoms with Crippen molar-refractivity contribution in [3.8, 4) is 5.69 Å². The monoisotopic (exact) mass is 332 g/mol. The summed E-state index contributed by atoms with van der Waals surface area (Å²) in [6.45, 7) is 1.58. The summed E-state index contributed by atoms with van der Waals surface area (Å²) in [6, 6.07) is 4.05. The lowest BCUT2D eigenvalue weighted by Gasteiger charge is -2.13. The van der Waals surface area contributed by atoms with Crippen LogP contribution in [0.1, 0.15) is 16.2 Å². The molecule has 1 aromatic heterocycles. The van der Waals surface area contributed by atoms with E-state index in [2.05, 4.69) is 5.10 Å². The summed E-state index contributed by atoms with van der Waals surface area (Å²) in [4.78, 5) is 22.5. The zero-order valence-corrected chi connectivity index (χ0v) is 12.3. The molecule has 8 heteroatoms. The van der Waals surface area contributed by atoms with E-state index in [1.807, 2.05) is 0 Å². The molecular weight excluding hydrogens is 327 g/mol. The van der Waals surface area contributed by atoms with Crippen LogP contribution < -0.4 is 5.43 Å². The van der Waals surface area contributed by atoms with Crippen molar-refractivity contribution in [3.63, 3.8) is 0 Å². The predicted molar refractivity (Wildman–Crippen MR) is 76.6 cm³/mol. The molecule has 0 spiro atoms. The maximum Gasteiger partial charge on any atom is 0.360 e. The lowest BCUT2D eigenvalue weighted by Crippen LogP contribution is -2.22. The quantitative estimate of drug-likeness (QED) is 0.916. The van der Waals surface area contributed by atoms with Crippen molar-refractivity contribution in [2.75, 3.05) is 0 Å². The Morgan fingerprint density at radius 2 is 1.75 bits per heavy atom. The first-order valence-corrected chi connectivity index (χ1v) is 6.44. The van der Waals surface area contributed by atoms with Gasteiger partial charge < -0.3 is 5.11 Å². The van der Waals surface area contributed by atoms with Crippen molar-refractivity contribution in [1.29, 1.82) is 0 Å². The third-order valence-electron chi connectivity index (χ3n) is 2.50. The zero-order valence-electron chi connectivity index (χ0n) is 10.0. The van der Waals surface area contributed by atoms with Crippen molar-refractivity contribution >= 4 is 40.8 Å². The number of hydrogen-bond acceptors (Lipinski definition) is 3. The molecule has 0 unspecified atom stereocenters. The number of aromatic nitrogens is 2. The highest BCUT2D eigenvalue weighted by molar-refractivity contribution is 6.40. The van der Waals surface area contributed by atoms with Gasteiger partial charge in [-0.1, -0.05) is 34.8 Å². The van der Waals surface area contributed by atoms with Crippen molar-refractivity contribution in [1.82, 2.24) is 9.78 Å². The van der Waals surface area contributed by atoms with Gasteiger partial charge >= 0.3 is 5.97 Å². The number of halogens is 3. The Kier molecular flexibility index (Phi) is 4.04. The summed E-state index contributed by atoms with van der Waals surface area (Å²) in [5.74, 6) is -1.43. The lowest BCUT2D eigenvalue weighted by atomic mass is 10.2. The number of rotatable bonds is 2. The van der Waals surface area contributed by atoms with Crippen LogP contribution in [0.5, 0.6) is 0 Å². The van der Waals surface area contributed by atoms with Crippen molar-refractivity contribution in [2.24, 2.45) is 0 Å². The van der Waals surface area contributed by atoms with E-state index in [-0.39, 0.29) is 15.7 Å². The highest BCUT2D eigenvalue weighted by Gasteiger charge is 2.17. The van der Waals surface area contributed by atoms with Gasteiger partial charge in [-0.2, -0.15) is 5.10 Å². The van der Waals surface area contributed by atoms with Crippen LogP contribution in [0.25, 0.3) is 5.69 Å². The molecule has 1 aromatic carbocycles. The van der Waals surface area contributed by atoms with Gasteiger partial charge in [0, 0.05) is 16.8 Å². The molecule has 0 atom stereocenters. The molecule has 0 aliphatic carbocycles. The molecule has 1 heterocycles. The summed E-state index contributed by atoms with van der Waals surface area (Å²) in [5.41, 5.74) is -0.644. The van der Waals surface area contributed by atoms with E-state index < -0.39 is 17.1 Å². The SMILES string of the molecule is Cc1cc(=O)c(C(=O)O)nn1-c1c(Cl)cc(Cl)cc1Cl. The molecule has 2 aromatic rings. The average molecular weight is 334 g/mol. The summed E-state index contributed by atoms with van der Waals surface area (Å²) in [5, 5.41) is 13.5. The molecule has 0 saturated heterocycles. The minimum atomic E-state index is -1.43. The van der Waals surface area contributed by atoms with Gasteiger partial charge in [0.2, 0.25) is 11.1 Å². The Morgan fingerprint density at radius 1 is 1.20 bits per heavy atom. The Bertz CT molecular complexity index is 748. The van der Waals surface area contributed by atoms with Gasteiger partial charge in [0.15, 0.2) is 0 Å². The molecule has 0 aliphatic rings. The number of aryl methyl sites for hydroxylation is 1. The maximum absolute atomic E-state index is 11.5. The molecule has 20 heavy (non-hydrogen) atoms. The fourth-order valence-corrected chi connectivity index (χ4v) is 2.64. The number of carboxylic acids is 1. The third-order valence-corrected chi connectivity index (χ3v) is 3.30. The minimum absolute atomic E-state index is 0.193. The third kappa shape index (κ3) is 2.65. The van der Waals surface area contributed by atoms with Crippen LogP contribution in [0.3, 0.4) is 0 Å². The van der Waals surface area contributed by atoms with Crippen molar-refractivity contribution in [2.45, 2.75) is 6.92 Å². The second-order valence-electron chi connectivity index (χ2n) is 3.93. The maximum atomic E-state index is 11.5. The van der Waals surface area contributed by atoms with Crippen LogP contribution in [0.15, 0.2) is 23.0 Å². The summed E-state index contributed by atoms with van der Waals surface area (Å²) >= 11 is 17.9. The number of aromatic carboxylic acids is 1. The van der Waals surface area contributed by atoms with Gasteiger partial charge in [0.25, 0.3) is 0 Å². The molecule has 0 amide bonds. The van der Waals surface area contributed by atoms with Gasteiger partial charge in [0.1, 0.15) is 5.69 Å². The van der Waals surface area contributed by atoms with E-state index >= 15 is 0 Å². The fourth-order valence-electron chi connectivity index (χ4n) is 1.66. The fraction of sp³-hybridized carbons (Fsp3) is 0.0833. The predicted octanol–water partition coefficient (Wildman–Crippen LogP) is 3.20. The molecule has 0 bridgehead atoms. The van der Waals surface area contributed by atoms with Gasteiger partial charge in [-0.25, -0.2) is 9.48 Å².